The molecule has 1 aliphatic rings. The van der Waals surface area contributed by atoms with Crippen molar-refractivity contribution in [1.29, 1.82) is 0 Å². The van der Waals surface area contributed by atoms with Gasteiger partial charge in [-0.3, -0.25) is 0 Å². The minimum atomic E-state index is -3.83. The molecule has 6 rings (SSSR count). The van der Waals surface area contributed by atoms with E-state index in [2.05, 4.69) is 4.98 Å². The number of aliphatic hydroxyl groups excluding tert-OH is 1. The largest absolute Gasteiger partial charge is 0.449 e. The zero-order chi connectivity index (χ0) is 30.8. The van der Waals surface area contributed by atoms with Crippen LogP contribution in [-0.2, 0) is 16.4 Å². The number of halogens is 1. The van der Waals surface area contributed by atoms with Crippen LogP contribution in [0.1, 0.15) is 36.8 Å². The second-order valence-electron chi connectivity index (χ2n) is 11.1. The molecule has 0 saturated carbocycles. The van der Waals surface area contributed by atoms with E-state index in [0.717, 1.165) is 23.5 Å². The van der Waals surface area contributed by atoms with E-state index in [1.165, 1.54) is 12.1 Å². The van der Waals surface area contributed by atoms with Gasteiger partial charge < -0.3 is 23.6 Å². The summed E-state index contributed by atoms with van der Waals surface area (Å²) in [5.74, 6) is 1.24. The molecule has 0 radical (unpaired) electrons. The lowest BCUT2D eigenvalue weighted by atomic mass is 9.97. The zero-order valence-corrected chi connectivity index (χ0v) is 25.3. The first-order chi connectivity index (χ1) is 20.2. The van der Waals surface area contributed by atoms with Crippen LogP contribution in [0.25, 0.3) is 39.4 Å². The molecule has 3 heterocycles. The predicted molar refractivity (Wildman–Crippen MR) is 158 cm³/mol. The van der Waals surface area contributed by atoms with Gasteiger partial charge in [-0.1, -0.05) is 6.07 Å². The molecule has 9 nitrogen and oxygen atoms in total. The van der Waals surface area contributed by atoms with Crippen LogP contribution < -0.4 is 9.47 Å². The summed E-state index contributed by atoms with van der Waals surface area (Å²) in [5, 5.41) is 9.69. The van der Waals surface area contributed by atoms with Crippen LogP contribution in [0.2, 0.25) is 0 Å². The first kappa shape index (κ1) is 28.6. The number of aryl methyl sites for hydroxylation is 3. The number of hydrogen-bond acceptors (Lipinski definition) is 8. The maximum Gasteiger partial charge on any atom is 0.246 e. The van der Waals surface area contributed by atoms with Gasteiger partial charge in [-0.15, -0.1) is 0 Å². The molecule has 0 unspecified atom stereocenters. The monoisotopic (exact) mass is 603 g/mol. The van der Waals surface area contributed by atoms with E-state index < -0.39 is 28.0 Å². The van der Waals surface area contributed by atoms with Crippen molar-refractivity contribution in [2.75, 3.05) is 6.26 Å². The number of nitrogens with zero attached hydrogens (tertiary/aromatic N) is 3. The molecule has 43 heavy (non-hydrogen) atoms. The molecule has 11 heteroatoms. The molecule has 3 aromatic carbocycles. The third kappa shape index (κ3) is 5.19. The maximum absolute atomic E-state index is 15.1. The van der Waals surface area contributed by atoms with Crippen LogP contribution in [0.3, 0.4) is 0 Å². The standard InChI is InChI=1S/C32H30FN3O6S/c1-17-15-36(18(2)34-17)26-9-7-20(22-12-25(33)24(16-37)29(14-22)43(6,38)39)11-23(26)30-31(40-19(3)35-30)21-8-10-27-28(13-21)42-32(4,5)41-27/h7-15,37H,16H2,1-6H3. The van der Waals surface area contributed by atoms with Crippen LogP contribution in [0.15, 0.2) is 64.0 Å². The second kappa shape index (κ2) is 10.1. The van der Waals surface area contributed by atoms with Gasteiger partial charge in [0.2, 0.25) is 5.79 Å². The van der Waals surface area contributed by atoms with Crippen LogP contribution >= 0.6 is 0 Å². The fraction of sp³-hybridized carbons (Fsp3) is 0.250. The molecule has 0 aliphatic carbocycles. The third-order valence-electron chi connectivity index (χ3n) is 7.21. The highest BCUT2D eigenvalue weighted by atomic mass is 32.2. The fourth-order valence-corrected chi connectivity index (χ4v) is 6.36. The van der Waals surface area contributed by atoms with Gasteiger partial charge in [-0.05, 0) is 67.4 Å². The lowest BCUT2D eigenvalue weighted by Crippen LogP contribution is -2.29. The topological polar surface area (TPSA) is 117 Å². The Morgan fingerprint density at radius 2 is 1.65 bits per heavy atom. The number of aromatic nitrogens is 3. The Balaban J connectivity index is 1.58. The lowest BCUT2D eigenvalue weighted by molar-refractivity contribution is -0.0431. The molecule has 0 spiro atoms. The SMILES string of the molecule is Cc1cn(-c2ccc(-c3cc(F)c(CO)c(S(C)(=O)=O)c3)cc2-c2nc(C)oc2-c2ccc3c(c2)OC(C)(C)O3)c(C)n1. The second-order valence-corrected chi connectivity index (χ2v) is 13.1. The first-order valence-electron chi connectivity index (χ1n) is 13.5. The highest BCUT2D eigenvalue weighted by Gasteiger charge is 2.32. The van der Waals surface area contributed by atoms with E-state index in [1.54, 1.807) is 13.0 Å². The molecule has 1 N–H and O–H groups in total. The number of imidazole rings is 1. The van der Waals surface area contributed by atoms with E-state index in [0.29, 0.717) is 51.1 Å². The zero-order valence-electron chi connectivity index (χ0n) is 24.5. The number of hydrogen-bond donors (Lipinski definition) is 1. The van der Waals surface area contributed by atoms with Crippen molar-refractivity contribution < 1.29 is 31.8 Å². The smallest absolute Gasteiger partial charge is 0.246 e. The van der Waals surface area contributed by atoms with E-state index in [4.69, 9.17) is 18.9 Å². The summed E-state index contributed by atoms with van der Waals surface area (Å²) in [6, 6.07) is 13.6. The number of ether oxygens (including phenoxy) is 2. The van der Waals surface area contributed by atoms with Crippen molar-refractivity contribution >= 4 is 9.84 Å². The van der Waals surface area contributed by atoms with Crippen LogP contribution in [0.5, 0.6) is 11.5 Å². The quantitative estimate of drug-likeness (QED) is 0.239. The number of benzene rings is 3. The Morgan fingerprint density at radius 1 is 0.930 bits per heavy atom. The normalized spacial score (nSPS) is 14.0. The van der Waals surface area contributed by atoms with Crippen LogP contribution in [0, 0.1) is 26.6 Å². The molecular formula is C32H30FN3O6S. The Kier molecular flexibility index (Phi) is 6.70. The van der Waals surface area contributed by atoms with Gasteiger partial charge >= 0.3 is 0 Å². The summed E-state index contributed by atoms with van der Waals surface area (Å²) in [7, 11) is -3.83. The molecule has 0 atom stereocenters. The maximum atomic E-state index is 15.1. The minimum Gasteiger partial charge on any atom is -0.449 e. The van der Waals surface area contributed by atoms with Crippen LogP contribution in [-0.4, -0.2) is 40.1 Å². The molecule has 5 aromatic rings. The summed E-state index contributed by atoms with van der Waals surface area (Å²) in [6.45, 7) is 8.45. The van der Waals surface area contributed by atoms with E-state index in [-0.39, 0.29) is 10.5 Å². The first-order valence-corrected chi connectivity index (χ1v) is 15.4. The van der Waals surface area contributed by atoms with Crippen molar-refractivity contribution in [3.8, 4) is 50.9 Å². The van der Waals surface area contributed by atoms with Gasteiger partial charge in [0.25, 0.3) is 0 Å². The van der Waals surface area contributed by atoms with E-state index in [9.17, 15) is 13.5 Å². The molecule has 0 amide bonds. The van der Waals surface area contributed by atoms with Crippen molar-refractivity contribution in [3.05, 3.63) is 83.5 Å². The number of rotatable bonds is 6. The van der Waals surface area contributed by atoms with Crippen LogP contribution in [0.4, 0.5) is 4.39 Å². The summed E-state index contributed by atoms with van der Waals surface area (Å²) in [4.78, 5) is 9.06. The average molecular weight is 604 g/mol. The summed E-state index contributed by atoms with van der Waals surface area (Å²) >= 11 is 0. The molecular weight excluding hydrogens is 573 g/mol. The number of fused-ring (bicyclic) bond motifs is 1. The van der Waals surface area contributed by atoms with Crippen molar-refractivity contribution in [2.45, 2.75) is 51.9 Å². The number of sulfone groups is 1. The van der Waals surface area contributed by atoms with Crippen molar-refractivity contribution in [1.82, 2.24) is 14.5 Å². The number of oxazole rings is 1. The molecule has 222 valence electrons. The van der Waals surface area contributed by atoms with E-state index in [1.807, 2.05) is 68.8 Å². The van der Waals surface area contributed by atoms with Gasteiger partial charge in [0.15, 0.2) is 33.0 Å². The van der Waals surface area contributed by atoms with Gasteiger partial charge in [0.05, 0.1) is 22.9 Å². The summed E-state index contributed by atoms with van der Waals surface area (Å²) < 4.78 is 60.0. The molecule has 2 aromatic heterocycles. The molecule has 0 saturated heterocycles. The molecule has 0 fully saturated rings. The summed E-state index contributed by atoms with van der Waals surface area (Å²) in [6.07, 6.45) is 2.89. The van der Waals surface area contributed by atoms with Crippen molar-refractivity contribution in [2.24, 2.45) is 0 Å². The Labute approximate surface area is 248 Å². The highest BCUT2D eigenvalue weighted by molar-refractivity contribution is 7.90. The summed E-state index contributed by atoms with van der Waals surface area (Å²) in [5.41, 5.74) is 4.05. The van der Waals surface area contributed by atoms with Gasteiger partial charge in [0.1, 0.15) is 17.3 Å². The number of aliphatic hydroxyl groups is 1. The van der Waals surface area contributed by atoms with Gasteiger partial charge in [-0.25, -0.2) is 22.8 Å². The van der Waals surface area contributed by atoms with Gasteiger partial charge in [-0.2, -0.15) is 0 Å². The molecule has 0 bridgehead atoms. The average Bonchev–Trinajstić information content (AvgIpc) is 3.58. The van der Waals surface area contributed by atoms with E-state index >= 15 is 4.39 Å². The predicted octanol–water partition coefficient (Wildman–Crippen LogP) is 6.33. The fourth-order valence-electron chi connectivity index (χ4n) is 5.41. The third-order valence-corrected chi connectivity index (χ3v) is 8.37. The highest BCUT2D eigenvalue weighted by Crippen LogP contribution is 2.44. The Bertz CT molecular complexity index is 2030. The Morgan fingerprint density at radius 3 is 2.33 bits per heavy atom. The minimum absolute atomic E-state index is 0.266. The molecule has 1 aliphatic heterocycles. The van der Waals surface area contributed by atoms with Gasteiger partial charge in [0, 0.05) is 49.9 Å². The van der Waals surface area contributed by atoms with Crippen molar-refractivity contribution in [3.63, 3.8) is 0 Å². The Hall–Kier alpha value is -4.48. The lowest BCUT2D eigenvalue weighted by Gasteiger charge is -2.16.